The largest absolute Gasteiger partial charge is 0.496 e. The zero-order valence-electron chi connectivity index (χ0n) is 12.6. The molecule has 0 spiro atoms. The molecule has 112 valence electrons. The molecule has 0 bridgehead atoms. The van der Waals surface area contributed by atoms with Gasteiger partial charge in [0.1, 0.15) is 17.1 Å². The summed E-state index contributed by atoms with van der Waals surface area (Å²) in [4.78, 5) is 12.0. The standard InChI is InChI=1S/C15H23NO4/c1-5-6-20-15(17)12-9-13(18-3)11(7-10(2)16)8-14(12)19-4/h8-10H,5-7,16H2,1-4H3. The Morgan fingerprint density at radius 2 is 1.90 bits per heavy atom. The monoisotopic (exact) mass is 281 g/mol. The van der Waals surface area contributed by atoms with E-state index in [1.54, 1.807) is 19.2 Å². The lowest BCUT2D eigenvalue weighted by Crippen LogP contribution is -2.18. The van der Waals surface area contributed by atoms with Crippen LogP contribution in [-0.2, 0) is 11.2 Å². The molecule has 1 aromatic carbocycles. The lowest BCUT2D eigenvalue weighted by Gasteiger charge is -2.15. The summed E-state index contributed by atoms with van der Waals surface area (Å²) in [7, 11) is 3.09. The van der Waals surface area contributed by atoms with Crippen molar-refractivity contribution in [2.24, 2.45) is 5.73 Å². The van der Waals surface area contributed by atoms with Gasteiger partial charge in [-0.1, -0.05) is 6.92 Å². The van der Waals surface area contributed by atoms with Crippen LogP contribution in [0.15, 0.2) is 12.1 Å². The van der Waals surface area contributed by atoms with Crippen LogP contribution < -0.4 is 15.2 Å². The smallest absolute Gasteiger partial charge is 0.342 e. The van der Waals surface area contributed by atoms with Gasteiger partial charge in [-0.15, -0.1) is 0 Å². The quantitative estimate of drug-likeness (QED) is 0.775. The number of rotatable bonds is 7. The van der Waals surface area contributed by atoms with Gasteiger partial charge in [0.25, 0.3) is 0 Å². The molecule has 1 atom stereocenters. The minimum absolute atomic E-state index is 0.00787. The Kier molecular flexibility index (Phi) is 6.31. The van der Waals surface area contributed by atoms with Crippen LogP contribution in [0.4, 0.5) is 0 Å². The molecule has 0 aliphatic rings. The molecule has 1 rings (SSSR count). The number of esters is 1. The fourth-order valence-corrected chi connectivity index (χ4v) is 1.90. The summed E-state index contributed by atoms with van der Waals surface area (Å²) in [5, 5.41) is 0. The molecule has 0 heterocycles. The van der Waals surface area contributed by atoms with Gasteiger partial charge in [-0.25, -0.2) is 4.79 Å². The highest BCUT2D eigenvalue weighted by molar-refractivity contribution is 5.93. The van der Waals surface area contributed by atoms with Gasteiger partial charge in [0, 0.05) is 6.04 Å². The minimum atomic E-state index is -0.408. The Morgan fingerprint density at radius 1 is 1.25 bits per heavy atom. The minimum Gasteiger partial charge on any atom is -0.496 e. The molecule has 20 heavy (non-hydrogen) atoms. The van der Waals surface area contributed by atoms with Gasteiger partial charge in [0.2, 0.25) is 0 Å². The number of nitrogens with two attached hydrogens (primary N) is 1. The molecule has 0 radical (unpaired) electrons. The van der Waals surface area contributed by atoms with Crippen LogP contribution >= 0.6 is 0 Å². The van der Waals surface area contributed by atoms with Gasteiger partial charge < -0.3 is 19.9 Å². The topological polar surface area (TPSA) is 70.8 Å². The molecule has 1 aromatic rings. The van der Waals surface area contributed by atoms with Crippen LogP contribution in [0.5, 0.6) is 11.5 Å². The molecule has 0 saturated heterocycles. The van der Waals surface area contributed by atoms with Gasteiger partial charge in [-0.3, -0.25) is 0 Å². The molecule has 5 nitrogen and oxygen atoms in total. The summed E-state index contributed by atoms with van der Waals surface area (Å²) in [6.45, 7) is 4.23. The summed E-state index contributed by atoms with van der Waals surface area (Å²) in [5.41, 5.74) is 7.09. The molecule has 2 N–H and O–H groups in total. The van der Waals surface area contributed by atoms with E-state index in [1.807, 2.05) is 13.8 Å². The van der Waals surface area contributed by atoms with Crippen molar-refractivity contribution in [2.75, 3.05) is 20.8 Å². The second-order valence-corrected chi connectivity index (χ2v) is 4.68. The molecule has 0 aliphatic carbocycles. The predicted octanol–water partition coefficient (Wildman–Crippen LogP) is 2.16. The Hall–Kier alpha value is -1.75. The summed E-state index contributed by atoms with van der Waals surface area (Å²) in [5.74, 6) is 0.684. The molecular weight excluding hydrogens is 258 g/mol. The van der Waals surface area contributed by atoms with Crippen LogP contribution in [0.2, 0.25) is 0 Å². The van der Waals surface area contributed by atoms with Crippen molar-refractivity contribution in [1.29, 1.82) is 0 Å². The lowest BCUT2D eigenvalue weighted by molar-refractivity contribution is 0.0501. The van der Waals surface area contributed by atoms with Crippen molar-refractivity contribution in [3.63, 3.8) is 0 Å². The molecule has 0 aromatic heterocycles. The molecule has 0 saturated carbocycles. The Labute approximate surface area is 120 Å². The molecule has 0 amide bonds. The number of carbonyl (C=O) groups excluding carboxylic acids is 1. The first-order valence-electron chi connectivity index (χ1n) is 6.71. The van der Waals surface area contributed by atoms with Crippen LogP contribution in [0.3, 0.4) is 0 Å². The predicted molar refractivity (Wildman–Crippen MR) is 77.5 cm³/mol. The van der Waals surface area contributed by atoms with E-state index >= 15 is 0 Å². The third-order valence-corrected chi connectivity index (χ3v) is 2.80. The molecule has 5 heteroatoms. The second-order valence-electron chi connectivity index (χ2n) is 4.68. The SMILES string of the molecule is CCCOC(=O)c1cc(OC)c(CC(C)N)cc1OC. The number of hydrogen-bond donors (Lipinski definition) is 1. The first kappa shape index (κ1) is 16.3. The van der Waals surface area contributed by atoms with Crippen molar-refractivity contribution in [3.05, 3.63) is 23.3 Å². The molecular formula is C15H23NO4. The van der Waals surface area contributed by atoms with E-state index in [0.29, 0.717) is 30.1 Å². The van der Waals surface area contributed by atoms with E-state index in [-0.39, 0.29) is 6.04 Å². The summed E-state index contributed by atoms with van der Waals surface area (Å²) in [6.07, 6.45) is 1.41. The fourth-order valence-electron chi connectivity index (χ4n) is 1.90. The van der Waals surface area contributed by atoms with E-state index in [9.17, 15) is 4.79 Å². The Bertz CT molecular complexity index is 457. The van der Waals surface area contributed by atoms with Gasteiger partial charge >= 0.3 is 5.97 Å². The molecule has 1 unspecified atom stereocenters. The zero-order valence-corrected chi connectivity index (χ0v) is 12.6. The maximum absolute atomic E-state index is 12.0. The first-order chi connectivity index (χ1) is 9.53. The lowest BCUT2D eigenvalue weighted by atomic mass is 10.0. The highest BCUT2D eigenvalue weighted by Gasteiger charge is 2.18. The number of benzene rings is 1. The van der Waals surface area contributed by atoms with E-state index in [0.717, 1.165) is 12.0 Å². The zero-order chi connectivity index (χ0) is 15.1. The number of hydrogen-bond acceptors (Lipinski definition) is 5. The van der Waals surface area contributed by atoms with Gasteiger partial charge in [-0.2, -0.15) is 0 Å². The average molecular weight is 281 g/mol. The van der Waals surface area contributed by atoms with Gasteiger partial charge in [0.05, 0.1) is 20.8 Å². The third-order valence-electron chi connectivity index (χ3n) is 2.80. The first-order valence-corrected chi connectivity index (χ1v) is 6.71. The van der Waals surface area contributed by atoms with E-state index in [2.05, 4.69) is 0 Å². The van der Waals surface area contributed by atoms with Crippen molar-refractivity contribution in [3.8, 4) is 11.5 Å². The van der Waals surface area contributed by atoms with E-state index in [4.69, 9.17) is 19.9 Å². The van der Waals surface area contributed by atoms with Crippen molar-refractivity contribution >= 4 is 5.97 Å². The van der Waals surface area contributed by atoms with Crippen molar-refractivity contribution < 1.29 is 19.0 Å². The van der Waals surface area contributed by atoms with Crippen LogP contribution in [0.25, 0.3) is 0 Å². The Balaban J connectivity index is 3.14. The van der Waals surface area contributed by atoms with Crippen LogP contribution in [0, 0.1) is 0 Å². The maximum Gasteiger partial charge on any atom is 0.342 e. The highest BCUT2D eigenvalue weighted by Crippen LogP contribution is 2.30. The number of ether oxygens (including phenoxy) is 3. The average Bonchev–Trinajstić information content (AvgIpc) is 2.43. The fraction of sp³-hybridized carbons (Fsp3) is 0.533. The van der Waals surface area contributed by atoms with E-state index < -0.39 is 5.97 Å². The number of methoxy groups -OCH3 is 2. The van der Waals surface area contributed by atoms with Crippen LogP contribution in [0.1, 0.15) is 36.2 Å². The van der Waals surface area contributed by atoms with E-state index in [1.165, 1.54) is 7.11 Å². The summed E-state index contributed by atoms with van der Waals surface area (Å²) in [6, 6.07) is 3.42. The molecule has 0 aliphatic heterocycles. The second kappa shape index (κ2) is 7.75. The van der Waals surface area contributed by atoms with Gasteiger partial charge in [-0.05, 0) is 37.5 Å². The third kappa shape index (κ3) is 4.13. The number of carbonyl (C=O) groups is 1. The van der Waals surface area contributed by atoms with Crippen molar-refractivity contribution in [1.82, 2.24) is 0 Å². The summed E-state index contributed by atoms with van der Waals surface area (Å²) >= 11 is 0. The normalized spacial score (nSPS) is 11.8. The Morgan fingerprint density at radius 3 is 2.40 bits per heavy atom. The van der Waals surface area contributed by atoms with Gasteiger partial charge in [0.15, 0.2) is 0 Å². The summed E-state index contributed by atoms with van der Waals surface area (Å²) < 4.78 is 15.7. The maximum atomic E-state index is 12.0. The van der Waals surface area contributed by atoms with Crippen molar-refractivity contribution in [2.45, 2.75) is 32.7 Å². The highest BCUT2D eigenvalue weighted by atomic mass is 16.5. The molecule has 0 fully saturated rings. The van der Waals surface area contributed by atoms with Crippen LogP contribution in [-0.4, -0.2) is 32.8 Å².